The summed E-state index contributed by atoms with van der Waals surface area (Å²) in [5.41, 5.74) is 3.46. The topological polar surface area (TPSA) is 84.0 Å². The molecule has 0 aliphatic carbocycles. The zero-order chi connectivity index (χ0) is 24.5. The first-order valence-electron chi connectivity index (χ1n) is 11.8. The average Bonchev–Trinajstić information content (AvgIpc) is 2.89. The number of hydrogen-bond acceptors (Lipinski definition) is 4. The number of hydrogen-bond donors (Lipinski definition) is 2. The summed E-state index contributed by atoms with van der Waals surface area (Å²) in [4.78, 5) is 33.8. The predicted molar refractivity (Wildman–Crippen MR) is 141 cm³/mol. The summed E-state index contributed by atoms with van der Waals surface area (Å²) in [6.07, 6.45) is 11.7. The standard InChI is InChI=1S/C29H28N4O2/c1-2-7-25(33-27(35)17-15-24-11-4-9-22-13-6-19-31-29(22)24)20-32-26(34)16-14-23-10-3-8-21-12-5-18-30-28(21)23/h3-6,8-19,25H,2,7,20H2,1H3,(H,32,34)(H,33,35)/b16-14+,17-15+/t25-/m0/s1. The molecule has 35 heavy (non-hydrogen) atoms. The number of para-hydroxylation sites is 2. The van der Waals surface area contributed by atoms with Gasteiger partial charge in [-0.05, 0) is 30.7 Å². The molecule has 0 bridgehead atoms. The van der Waals surface area contributed by atoms with E-state index < -0.39 is 0 Å². The molecule has 6 heteroatoms. The Morgan fingerprint density at radius 1 is 0.800 bits per heavy atom. The molecule has 0 spiro atoms. The number of benzene rings is 2. The Labute approximate surface area is 204 Å². The quantitative estimate of drug-likeness (QED) is 0.345. The van der Waals surface area contributed by atoms with Crippen molar-refractivity contribution in [2.45, 2.75) is 25.8 Å². The Balaban J connectivity index is 1.34. The van der Waals surface area contributed by atoms with E-state index in [-0.39, 0.29) is 17.9 Å². The molecule has 4 aromatic rings. The number of carbonyl (C=O) groups excluding carboxylic acids is 2. The number of nitrogens with one attached hydrogen (secondary N) is 2. The van der Waals surface area contributed by atoms with Crippen LogP contribution in [0, 0.1) is 0 Å². The summed E-state index contributed by atoms with van der Waals surface area (Å²) < 4.78 is 0. The minimum absolute atomic E-state index is 0.167. The summed E-state index contributed by atoms with van der Waals surface area (Å²) in [5, 5.41) is 7.93. The van der Waals surface area contributed by atoms with Crippen LogP contribution in [0.1, 0.15) is 30.9 Å². The van der Waals surface area contributed by atoms with E-state index in [0.717, 1.165) is 45.8 Å². The molecule has 4 rings (SSSR count). The van der Waals surface area contributed by atoms with E-state index in [0.29, 0.717) is 6.54 Å². The molecule has 0 radical (unpaired) electrons. The van der Waals surface area contributed by atoms with Gasteiger partial charge in [0, 0.05) is 59.0 Å². The first-order valence-corrected chi connectivity index (χ1v) is 11.8. The molecule has 0 fully saturated rings. The molecule has 1 atom stereocenters. The van der Waals surface area contributed by atoms with Gasteiger partial charge in [-0.3, -0.25) is 19.6 Å². The van der Waals surface area contributed by atoms with Crippen molar-refractivity contribution in [3.05, 3.63) is 96.3 Å². The van der Waals surface area contributed by atoms with E-state index in [1.807, 2.05) is 67.6 Å². The molecule has 0 saturated carbocycles. The zero-order valence-corrected chi connectivity index (χ0v) is 19.6. The lowest BCUT2D eigenvalue weighted by atomic mass is 10.1. The number of rotatable bonds is 9. The van der Waals surface area contributed by atoms with Gasteiger partial charge in [0.1, 0.15) is 0 Å². The second-order valence-corrected chi connectivity index (χ2v) is 8.25. The van der Waals surface area contributed by atoms with Crippen LogP contribution in [-0.2, 0) is 9.59 Å². The van der Waals surface area contributed by atoms with Crippen molar-refractivity contribution in [3.8, 4) is 0 Å². The van der Waals surface area contributed by atoms with Gasteiger partial charge >= 0.3 is 0 Å². The minimum Gasteiger partial charge on any atom is -0.350 e. The van der Waals surface area contributed by atoms with Crippen LogP contribution in [0.2, 0.25) is 0 Å². The van der Waals surface area contributed by atoms with Crippen molar-refractivity contribution in [1.82, 2.24) is 20.6 Å². The van der Waals surface area contributed by atoms with E-state index in [4.69, 9.17) is 0 Å². The lowest BCUT2D eigenvalue weighted by Crippen LogP contribution is -2.42. The lowest BCUT2D eigenvalue weighted by Gasteiger charge is -2.17. The van der Waals surface area contributed by atoms with Gasteiger partial charge in [0.05, 0.1) is 11.0 Å². The van der Waals surface area contributed by atoms with Crippen LogP contribution in [0.15, 0.2) is 85.2 Å². The number of fused-ring (bicyclic) bond motifs is 2. The van der Waals surface area contributed by atoms with Crippen LogP contribution in [0.25, 0.3) is 34.0 Å². The summed E-state index contributed by atoms with van der Waals surface area (Å²) in [6.45, 7) is 2.40. The number of nitrogens with zero attached hydrogens (tertiary/aromatic N) is 2. The van der Waals surface area contributed by atoms with Crippen molar-refractivity contribution >= 4 is 45.8 Å². The summed E-state index contributed by atoms with van der Waals surface area (Å²) in [7, 11) is 0. The van der Waals surface area contributed by atoms with Crippen molar-refractivity contribution in [2.75, 3.05) is 6.54 Å². The first kappa shape index (κ1) is 23.8. The van der Waals surface area contributed by atoms with Crippen LogP contribution < -0.4 is 10.6 Å². The molecule has 2 amide bonds. The molecule has 0 saturated heterocycles. The van der Waals surface area contributed by atoms with E-state index >= 15 is 0 Å². The summed E-state index contributed by atoms with van der Waals surface area (Å²) >= 11 is 0. The predicted octanol–water partition coefficient (Wildman–Crippen LogP) is 4.91. The lowest BCUT2D eigenvalue weighted by molar-refractivity contribution is -0.119. The number of pyridine rings is 2. The fourth-order valence-electron chi connectivity index (χ4n) is 3.96. The largest absolute Gasteiger partial charge is 0.350 e. The maximum absolute atomic E-state index is 12.6. The highest BCUT2D eigenvalue weighted by molar-refractivity contribution is 5.96. The highest BCUT2D eigenvalue weighted by atomic mass is 16.2. The molecule has 0 unspecified atom stereocenters. The van der Waals surface area contributed by atoms with Crippen LogP contribution >= 0.6 is 0 Å². The molecule has 0 aliphatic rings. The van der Waals surface area contributed by atoms with E-state index in [1.165, 1.54) is 12.2 Å². The second-order valence-electron chi connectivity index (χ2n) is 8.25. The minimum atomic E-state index is -0.217. The Morgan fingerprint density at radius 3 is 1.91 bits per heavy atom. The maximum atomic E-state index is 12.6. The zero-order valence-electron chi connectivity index (χ0n) is 19.6. The third-order valence-corrected chi connectivity index (χ3v) is 5.66. The third-order valence-electron chi connectivity index (χ3n) is 5.66. The van der Waals surface area contributed by atoms with Crippen LogP contribution in [0.5, 0.6) is 0 Å². The van der Waals surface area contributed by atoms with Gasteiger partial charge in [-0.25, -0.2) is 0 Å². The molecular weight excluding hydrogens is 436 g/mol. The molecule has 0 aliphatic heterocycles. The maximum Gasteiger partial charge on any atom is 0.244 e. The van der Waals surface area contributed by atoms with Gasteiger partial charge in [0.15, 0.2) is 0 Å². The molecule has 2 aromatic carbocycles. The van der Waals surface area contributed by atoms with Gasteiger partial charge in [-0.2, -0.15) is 0 Å². The van der Waals surface area contributed by atoms with E-state index in [2.05, 4.69) is 20.6 Å². The Bertz CT molecular complexity index is 1380. The summed E-state index contributed by atoms with van der Waals surface area (Å²) in [5.74, 6) is -0.423. The van der Waals surface area contributed by atoms with Crippen LogP contribution in [0.3, 0.4) is 0 Å². The highest BCUT2D eigenvalue weighted by Crippen LogP contribution is 2.18. The van der Waals surface area contributed by atoms with E-state index in [9.17, 15) is 9.59 Å². The van der Waals surface area contributed by atoms with Crippen molar-refractivity contribution in [2.24, 2.45) is 0 Å². The molecule has 6 nitrogen and oxygen atoms in total. The van der Waals surface area contributed by atoms with Crippen molar-refractivity contribution < 1.29 is 9.59 Å². The third kappa shape index (κ3) is 6.38. The van der Waals surface area contributed by atoms with E-state index in [1.54, 1.807) is 24.5 Å². The molecule has 176 valence electrons. The Hall–Kier alpha value is -4.32. The fourth-order valence-corrected chi connectivity index (χ4v) is 3.96. The number of aromatic nitrogens is 2. The van der Waals surface area contributed by atoms with Crippen LogP contribution in [-0.4, -0.2) is 34.4 Å². The second kappa shape index (κ2) is 11.7. The highest BCUT2D eigenvalue weighted by Gasteiger charge is 2.11. The van der Waals surface area contributed by atoms with Gasteiger partial charge in [-0.15, -0.1) is 0 Å². The van der Waals surface area contributed by atoms with Crippen LogP contribution in [0.4, 0.5) is 0 Å². The van der Waals surface area contributed by atoms with Crippen molar-refractivity contribution in [1.29, 1.82) is 0 Å². The number of amides is 2. The average molecular weight is 465 g/mol. The Kier molecular flexibility index (Phi) is 7.96. The fraction of sp³-hybridized carbons (Fsp3) is 0.172. The smallest absolute Gasteiger partial charge is 0.244 e. The molecule has 2 aromatic heterocycles. The SMILES string of the molecule is CCC[C@@H](CNC(=O)/C=C/c1cccc2cccnc12)NC(=O)/C=C/c1cccc2cccnc12. The van der Waals surface area contributed by atoms with Gasteiger partial charge in [0.2, 0.25) is 11.8 Å². The Morgan fingerprint density at radius 2 is 1.34 bits per heavy atom. The van der Waals surface area contributed by atoms with Gasteiger partial charge in [0.25, 0.3) is 0 Å². The molecule has 2 N–H and O–H groups in total. The van der Waals surface area contributed by atoms with Gasteiger partial charge in [-0.1, -0.05) is 61.9 Å². The van der Waals surface area contributed by atoms with Crippen molar-refractivity contribution in [3.63, 3.8) is 0 Å². The molecule has 2 heterocycles. The van der Waals surface area contributed by atoms with Gasteiger partial charge < -0.3 is 10.6 Å². The normalized spacial score (nSPS) is 12.4. The monoisotopic (exact) mass is 464 g/mol. The summed E-state index contributed by atoms with van der Waals surface area (Å²) in [6, 6.07) is 19.3. The first-order chi connectivity index (χ1) is 17.1. The number of carbonyl (C=O) groups is 2. The molecular formula is C29H28N4O2.